The summed E-state index contributed by atoms with van der Waals surface area (Å²) in [5.74, 6) is 0.196. The van der Waals surface area contributed by atoms with Crippen molar-refractivity contribution in [2.24, 2.45) is 5.92 Å². The summed E-state index contributed by atoms with van der Waals surface area (Å²) in [6.45, 7) is 1.51. The van der Waals surface area contributed by atoms with Crippen LogP contribution < -0.4 is 5.32 Å². The molecule has 1 fully saturated rings. The summed E-state index contributed by atoms with van der Waals surface area (Å²) >= 11 is 0. The van der Waals surface area contributed by atoms with Crippen LogP contribution in [0, 0.1) is 5.92 Å². The van der Waals surface area contributed by atoms with Crippen molar-refractivity contribution in [3.05, 3.63) is 36.7 Å². The standard InChI is InChI=1S/C16H19N3O2/c20-11-12-3-2-8-19(10-12)16(21)18-15-5-1-4-13-9-17-7-6-14(13)15/h1,4-7,9,12,20H,2-3,8,10-11H2,(H,18,21)/t12-/m0/s1. The van der Waals surface area contributed by atoms with Gasteiger partial charge in [-0.3, -0.25) is 4.98 Å². The van der Waals surface area contributed by atoms with Gasteiger partial charge in [-0.2, -0.15) is 0 Å². The Morgan fingerprint density at radius 3 is 3.19 bits per heavy atom. The van der Waals surface area contributed by atoms with Crippen LogP contribution in [0.3, 0.4) is 0 Å². The number of benzene rings is 1. The Bertz CT molecular complexity index is 639. The molecule has 2 aromatic rings. The zero-order valence-electron chi connectivity index (χ0n) is 11.8. The lowest BCUT2D eigenvalue weighted by molar-refractivity contribution is 0.136. The van der Waals surface area contributed by atoms with E-state index in [0.717, 1.165) is 35.8 Å². The first-order chi connectivity index (χ1) is 10.3. The number of nitrogens with one attached hydrogen (secondary N) is 1. The van der Waals surface area contributed by atoms with Gasteiger partial charge in [0.15, 0.2) is 0 Å². The maximum Gasteiger partial charge on any atom is 0.321 e. The number of hydrogen-bond acceptors (Lipinski definition) is 3. The van der Waals surface area contributed by atoms with Gasteiger partial charge in [0.1, 0.15) is 0 Å². The average molecular weight is 285 g/mol. The number of aromatic nitrogens is 1. The lowest BCUT2D eigenvalue weighted by atomic mass is 9.99. The molecule has 2 heterocycles. The van der Waals surface area contributed by atoms with E-state index >= 15 is 0 Å². The topological polar surface area (TPSA) is 65.5 Å². The molecule has 2 N–H and O–H groups in total. The summed E-state index contributed by atoms with van der Waals surface area (Å²) in [5.41, 5.74) is 0.797. The maximum atomic E-state index is 12.4. The normalized spacial score (nSPS) is 18.7. The molecule has 0 saturated carbocycles. The first-order valence-corrected chi connectivity index (χ1v) is 7.27. The number of piperidine rings is 1. The number of urea groups is 1. The van der Waals surface area contributed by atoms with Crippen LogP contribution >= 0.6 is 0 Å². The van der Waals surface area contributed by atoms with Crippen molar-refractivity contribution >= 4 is 22.5 Å². The highest BCUT2D eigenvalue weighted by Crippen LogP contribution is 2.23. The second-order valence-corrected chi connectivity index (χ2v) is 5.47. The molecule has 0 spiro atoms. The number of likely N-dealkylation sites (tertiary alicyclic amines) is 1. The number of amides is 2. The van der Waals surface area contributed by atoms with Gasteiger partial charge in [0.2, 0.25) is 0 Å². The predicted molar refractivity (Wildman–Crippen MR) is 82.1 cm³/mol. The third-order valence-electron chi connectivity index (χ3n) is 3.99. The van der Waals surface area contributed by atoms with E-state index < -0.39 is 0 Å². The van der Waals surface area contributed by atoms with E-state index in [1.54, 1.807) is 17.3 Å². The summed E-state index contributed by atoms with van der Waals surface area (Å²) in [4.78, 5) is 18.3. The minimum absolute atomic E-state index is 0.0996. The Morgan fingerprint density at radius 2 is 2.33 bits per heavy atom. The third-order valence-corrected chi connectivity index (χ3v) is 3.99. The minimum atomic E-state index is -0.0996. The number of aliphatic hydroxyl groups is 1. The van der Waals surface area contributed by atoms with Crippen molar-refractivity contribution in [1.82, 2.24) is 9.88 Å². The van der Waals surface area contributed by atoms with Crippen LogP contribution in [0.4, 0.5) is 10.5 Å². The molecular weight excluding hydrogens is 266 g/mol. The van der Waals surface area contributed by atoms with Crippen molar-refractivity contribution in [1.29, 1.82) is 0 Å². The zero-order chi connectivity index (χ0) is 14.7. The molecule has 0 radical (unpaired) electrons. The molecule has 1 aliphatic heterocycles. The van der Waals surface area contributed by atoms with Crippen LogP contribution in [0.2, 0.25) is 0 Å². The Hall–Kier alpha value is -2.14. The molecule has 0 unspecified atom stereocenters. The summed E-state index contributed by atoms with van der Waals surface area (Å²) in [5, 5.41) is 14.2. The van der Waals surface area contributed by atoms with E-state index in [0.29, 0.717) is 6.54 Å². The van der Waals surface area contributed by atoms with E-state index in [2.05, 4.69) is 10.3 Å². The Labute approximate surface area is 123 Å². The Balaban J connectivity index is 1.77. The number of pyridine rings is 1. The van der Waals surface area contributed by atoms with Crippen molar-refractivity contribution in [3.8, 4) is 0 Å². The van der Waals surface area contributed by atoms with E-state index in [1.807, 2.05) is 24.3 Å². The molecule has 21 heavy (non-hydrogen) atoms. The van der Waals surface area contributed by atoms with E-state index in [4.69, 9.17) is 0 Å². The molecule has 0 bridgehead atoms. The van der Waals surface area contributed by atoms with Gasteiger partial charge in [-0.05, 0) is 30.9 Å². The molecule has 1 aromatic heterocycles. The quantitative estimate of drug-likeness (QED) is 0.891. The summed E-state index contributed by atoms with van der Waals surface area (Å²) in [6.07, 6.45) is 5.44. The number of anilines is 1. The zero-order valence-corrected chi connectivity index (χ0v) is 11.8. The van der Waals surface area contributed by atoms with Crippen LogP contribution in [0.1, 0.15) is 12.8 Å². The molecule has 0 aliphatic carbocycles. The summed E-state index contributed by atoms with van der Waals surface area (Å²) < 4.78 is 0. The SMILES string of the molecule is O=C(Nc1cccc2cnccc12)N1CCC[C@H](CO)C1. The molecule has 1 aliphatic rings. The predicted octanol–water partition coefficient (Wildman–Crippen LogP) is 2.47. The van der Waals surface area contributed by atoms with E-state index in [-0.39, 0.29) is 18.6 Å². The highest BCUT2D eigenvalue weighted by molar-refractivity contribution is 6.01. The minimum Gasteiger partial charge on any atom is -0.396 e. The number of hydrogen-bond donors (Lipinski definition) is 2. The second kappa shape index (κ2) is 6.10. The highest BCUT2D eigenvalue weighted by Gasteiger charge is 2.23. The lowest BCUT2D eigenvalue weighted by Crippen LogP contribution is -2.43. The first kappa shape index (κ1) is 13.8. The number of nitrogens with zero attached hydrogens (tertiary/aromatic N) is 2. The number of carbonyl (C=O) groups is 1. The van der Waals surface area contributed by atoms with Crippen molar-refractivity contribution in [3.63, 3.8) is 0 Å². The van der Waals surface area contributed by atoms with Gasteiger partial charge in [0.05, 0.1) is 5.69 Å². The second-order valence-electron chi connectivity index (χ2n) is 5.47. The molecule has 5 nitrogen and oxygen atoms in total. The lowest BCUT2D eigenvalue weighted by Gasteiger charge is -2.31. The molecule has 3 rings (SSSR count). The molecule has 5 heteroatoms. The molecule has 110 valence electrons. The summed E-state index contributed by atoms with van der Waals surface area (Å²) in [6, 6.07) is 7.58. The Kier molecular flexibility index (Phi) is 4.01. The maximum absolute atomic E-state index is 12.4. The van der Waals surface area contributed by atoms with E-state index in [1.165, 1.54) is 0 Å². The van der Waals surface area contributed by atoms with Gasteiger partial charge in [-0.25, -0.2) is 4.79 Å². The monoisotopic (exact) mass is 285 g/mol. The fourth-order valence-corrected chi connectivity index (χ4v) is 2.82. The van der Waals surface area contributed by atoms with Crippen LogP contribution in [0.25, 0.3) is 10.8 Å². The molecule has 2 amide bonds. The van der Waals surface area contributed by atoms with Gasteiger partial charge in [0, 0.05) is 42.9 Å². The number of aliphatic hydroxyl groups excluding tert-OH is 1. The third kappa shape index (κ3) is 2.97. The smallest absolute Gasteiger partial charge is 0.321 e. The average Bonchev–Trinajstić information content (AvgIpc) is 2.55. The van der Waals surface area contributed by atoms with Gasteiger partial charge in [-0.1, -0.05) is 12.1 Å². The van der Waals surface area contributed by atoms with Crippen LogP contribution in [-0.4, -0.2) is 40.7 Å². The largest absolute Gasteiger partial charge is 0.396 e. The van der Waals surface area contributed by atoms with Crippen molar-refractivity contribution < 1.29 is 9.90 Å². The number of rotatable bonds is 2. The highest BCUT2D eigenvalue weighted by atomic mass is 16.3. The van der Waals surface area contributed by atoms with Gasteiger partial charge in [0.25, 0.3) is 0 Å². The van der Waals surface area contributed by atoms with Crippen molar-refractivity contribution in [2.75, 3.05) is 25.0 Å². The summed E-state index contributed by atoms with van der Waals surface area (Å²) in [7, 11) is 0. The molecule has 1 aromatic carbocycles. The first-order valence-electron chi connectivity index (χ1n) is 7.27. The molecule has 1 atom stereocenters. The van der Waals surface area contributed by atoms with Gasteiger partial charge >= 0.3 is 6.03 Å². The van der Waals surface area contributed by atoms with Crippen molar-refractivity contribution in [2.45, 2.75) is 12.8 Å². The van der Waals surface area contributed by atoms with Gasteiger partial charge in [-0.15, -0.1) is 0 Å². The molecular formula is C16H19N3O2. The van der Waals surface area contributed by atoms with Crippen LogP contribution in [0.5, 0.6) is 0 Å². The fourth-order valence-electron chi connectivity index (χ4n) is 2.82. The number of carbonyl (C=O) groups excluding carboxylic acids is 1. The molecule has 1 saturated heterocycles. The Morgan fingerprint density at radius 1 is 1.43 bits per heavy atom. The fraction of sp³-hybridized carbons (Fsp3) is 0.375. The van der Waals surface area contributed by atoms with Gasteiger partial charge < -0.3 is 15.3 Å². The number of fused-ring (bicyclic) bond motifs is 1. The van der Waals surface area contributed by atoms with Crippen LogP contribution in [0.15, 0.2) is 36.7 Å². The van der Waals surface area contributed by atoms with Crippen LogP contribution in [-0.2, 0) is 0 Å². The van der Waals surface area contributed by atoms with E-state index in [9.17, 15) is 9.90 Å².